The Balaban J connectivity index is 2.14. The van der Waals surface area contributed by atoms with Crippen LogP contribution in [0.25, 0.3) is 10.8 Å². The number of rotatable bonds is 5. The first-order chi connectivity index (χ1) is 9.37. The Hall–Kier alpha value is -1.78. The average molecular weight is 274 g/mol. The minimum Gasteiger partial charge on any atom is -0.398 e. The number of anilines is 2. The first kappa shape index (κ1) is 14.6. The zero-order chi connectivity index (χ0) is 14.8. The van der Waals surface area contributed by atoms with Crippen LogP contribution in [-0.4, -0.2) is 49.9 Å². The summed E-state index contributed by atoms with van der Waals surface area (Å²) >= 11 is 0. The maximum atomic E-state index is 10.1. The lowest BCUT2D eigenvalue weighted by atomic mass is 10.1. The molecule has 2 rings (SSSR count). The van der Waals surface area contributed by atoms with Crippen molar-refractivity contribution in [3.05, 3.63) is 36.4 Å². The number of quaternary nitrogens is 1. The first-order valence-corrected chi connectivity index (χ1v) is 6.86. The van der Waals surface area contributed by atoms with E-state index in [1.54, 1.807) is 0 Å². The largest absolute Gasteiger partial charge is 0.398 e. The lowest BCUT2D eigenvalue weighted by molar-refractivity contribution is -0.873. The van der Waals surface area contributed by atoms with E-state index in [-0.39, 0.29) is 0 Å². The zero-order valence-corrected chi connectivity index (χ0v) is 12.4. The average Bonchev–Trinajstić information content (AvgIpc) is 2.34. The van der Waals surface area contributed by atoms with E-state index in [9.17, 15) is 5.11 Å². The van der Waals surface area contributed by atoms with Gasteiger partial charge in [0.15, 0.2) is 0 Å². The van der Waals surface area contributed by atoms with Gasteiger partial charge in [-0.25, -0.2) is 0 Å². The van der Waals surface area contributed by atoms with E-state index in [1.165, 1.54) is 0 Å². The molecule has 0 saturated carbocycles. The Labute approximate surface area is 120 Å². The van der Waals surface area contributed by atoms with Crippen molar-refractivity contribution in [2.45, 2.75) is 6.10 Å². The lowest BCUT2D eigenvalue weighted by Gasteiger charge is -2.27. The Kier molecular flexibility index (Phi) is 4.16. The van der Waals surface area contributed by atoms with Crippen molar-refractivity contribution in [2.24, 2.45) is 0 Å². The van der Waals surface area contributed by atoms with Crippen LogP contribution in [0.15, 0.2) is 36.4 Å². The smallest absolute Gasteiger partial charge is 0.120 e. The standard InChI is InChI=1S/C16H24N3O/c1-19(2,3)11-13(20)10-18-15-9-5-7-12-6-4-8-14(17)16(12)15/h4-9,13,18,20H,10-11,17H2,1-3H3/q+1. The van der Waals surface area contributed by atoms with Crippen LogP contribution in [0, 0.1) is 0 Å². The van der Waals surface area contributed by atoms with Gasteiger partial charge in [-0.3, -0.25) is 0 Å². The van der Waals surface area contributed by atoms with E-state index in [0.29, 0.717) is 13.1 Å². The third kappa shape index (κ3) is 3.62. The summed E-state index contributed by atoms with van der Waals surface area (Å²) in [5.41, 5.74) is 7.79. The van der Waals surface area contributed by atoms with Gasteiger partial charge in [-0.05, 0) is 17.5 Å². The van der Waals surface area contributed by atoms with Crippen LogP contribution >= 0.6 is 0 Å². The van der Waals surface area contributed by atoms with Gasteiger partial charge in [0.25, 0.3) is 0 Å². The number of aliphatic hydroxyl groups excluding tert-OH is 1. The van der Waals surface area contributed by atoms with Crippen molar-refractivity contribution in [1.29, 1.82) is 0 Å². The molecule has 0 bridgehead atoms. The van der Waals surface area contributed by atoms with Gasteiger partial charge < -0.3 is 20.6 Å². The van der Waals surface area contributed by atoms with Gasteiger partial charge in [0, 0.05) is 23.3 Å². The summed E-state index contributed by atoms with van der Waals surface area (Å²) in [7, 11) is 6.21. The molecule has 0 heterocycles. The summed E-state index contributed by atoms with van der Waals surface area (Å²) in [6, 6.07) is 11.9. The van der Waals surface area contributed by atoms with Gasteiger partial charge in [0.2, 0.25) is 0 Å². The third-order valence-electron chi connectivity index (χ3n) is 3.22. The number of nitrogens with two attached hydrogens (primary N) is 1. The van der Waals surface area contributed by atoms with E-state index in [1.807, 2.05) is 36.4 Å². The van der Waals surface area contributed by atoms with E-state index >= 15 is 0 Å². The van der Waals surface area contributed by atoms with Gasteiger partial charge in [-0.2, -0.15) is 0 Å². The number of fused-ring (bicyclic) bond motifs is 1. The molecule has 4 heteroatoms. The molecule has 0 saturated heterocycles. The molecule has 4 nitrogen and oxygen atoms in total. The highest BCUT2D eigenvalue weighted by Gasteiger charge is 2.15. The molecule has 0 aliphatic rings. The van der Waals surface area contributed by atoms with E-state index in [2.05, 4.69) is 26.5 Å². The fourth-order valence-electron chi connectivity index (χ4n) is 2.44. The zero-order valence-electron chi connectivity index (χ0n) is 12.4. The number of nitrogen functional groups attached to an aromatic ring is 1. The van der Waals surface area contributed by atoms with Gasteiger partial charge in [-0.1, -0.05) is 24.3 Å². The molecule has 20 heavy (non-hydrogen) atoms. The van der Waals surface area contributed by atoms with Gasteiger partial charge in [-0.15, -0.1) is 0 Å². The summed E-state index contributed by atoms with van der Waals surface area (Å²) in [6.45, 7) is 1.22. The fourth-order valence-corrected chi connectivity index (χ4v) is 2.44. The molecule has 0 amide bonds. The predicted octanol–water partition coefficient (Wildman–Crippen LogP) is 1.90. The Morgan fingerprint density at radius 1 is 1.15 bits per heavy atom. The molecule has 108 valence electrons. The van der Waals surface area contributed by atoms with Crippen molar-refractivity contribution in [3.8, 4) is 0 Å². The molecule has 2 aromatic carbocycles. The molecule has 0 spiro atoms. The van der Waals surface area contributed by atoms with Crippen molar-refractivity contribution >= 4 is 22.1 Å². The summed E-state index contributed by atoms with van der Waals surface area (Å²) in [5.74, 6) is 0. The Morgan fingerprint density at radius 2 is 1.80 bits per heavy atom. The molecular weight excluding hydrogens is 250 g/mol. The predicted molar refractivity (Wildman–Crippen MR) is 85.8 cm³/mol. The fraction of sp³-hybridized carbons (Fsp3) is 0.375. The maximum Gasteiger partial charge on any atom is 0.120 e. The number of hydrogen-bond acceptors (Lipinski definition) is 3. The maximum absolute atomic E-state index is 10.1. The van der Waals surface area contributed by atoms with Crippen LogP contribution in [0.3, 0.4) is 0 Å². The van der Waals surface area contributed by atoms with Crippen LogP contribution in [-0.2, 0) is 0 Å². The number of nitrogens with one attached hydrogen (secondary N) is 1. The number of nitrogens with zero attached hydrogens (tertiary/aromatic N) is 1. The number of aliphatic hydroxyl groups is 1. The van der Waals surface area contributed by atoms with Gasteiger partial charge in [0.05, 0.1) is 21.1 Å². The third-order valence-corrected chi connectivity index (χ3v) is 3.22. The van der Waals surface area contributed by atoms with E-state index < -0.39 is 6.10 Å². The van der Waals surface area contributed by atoms with Gasteiger partial charge in [0.1, 0.15) is 12.6 Å². The Bertz CT molecular complexity index is 585. The summed E-state index contributed by atoms with van der Waals surface area (Å²) in [4.78, 5) is 0. The second-order valence-electron chi connectivity index (χ2n) is 6.26. The molecule has 0 aromatic heterocycles. The lowest BCUT2D eigenvalue weighted by Crippen LogP contribution is -2.43. The second-order valence-corrected chi connectivity index (χ2v) is 6.26. The minimum absolute atomic E-state index is 0.393. The number of likely N-dealkylation sites (N-methyl/N-ethyl adjacent to an activating group) is 1. The highest BCUT2D eigenvalue weighted by molar-refractivity contribution is 6.02. The molecule has 4 N–H and O–H groups in total. The quantitative estimate of drug-likeness (QED) is 0.576. The normalized spacial score (nSPS) is 13.4. The molecule has 2 aromatic rings. The highest BCUT2D eigenvalue weighted by Crippen LogP contribution is 2.28. The molecule has 0 aliphatic carbocycles. The summed E-state index contributed by atoms with van der Waals surface area (Å²) in [6.07, 6.45) is -0.393. The summed E-state index contributed by atoms with van der Waals surface area (Å²) in [5, 5.41) is 15.5. The second kappa shape index (κ2) is 5.69. The minimum atomic E-state index is -0.393. The molecular formula is C16H24N3O+. The summed E-state index contributed by atoms with van der Waals surface area (Å²) < 4.78 is 0.737. The Morgan fingerprint density at radius 3 is 2.45 bits per heavy atom. The van der Waals surface area contributed by atoms with Crippen molar-refractivity contribution in [2.75, 3.05) is 45.3 Å². The molecule has 0 fully saturated rings. The molecule has 0 radical (unpaired) electrons. The van der Waals surface area contributed by atoms with Crippen LogP contribution in [0.1, 0.15) is 0 Å². The van der Waals surface area contributed by atoms with E-state index in [0.717, 1.165) is 26.6 Å². The van der Waals surface area contributed by atoms with Crippen LogP contribution in [0.5, 0.6) is 0 Å². The number of benzene rings is 2. The highest BCUT2D eigenvalue weighted by atomic mass is 16.3. The van der Waals surface area contributed by atoms with Crippen LogP contribution in [0.2, 0.25) is 0 Å². The molecule has 1 atom stereocenters. The SMILES string of the molecule is C[N+](C)(C)CC(O)CNc1cccc2cccc(N)c12. The van der Waals surface area contributed by atoms with Crippen LogP contribution in [0.4, 0.5) is 11.4 Å². The molecule has 1 unspecified atom stereocenters. The first-order valence-electron chi connectivity index (χ1n) is 6.86. The van der Waals surface area contributed by atoms with Crippen molar-refractivity contribution in [1.82, 2.24) is 0 Å². The van der Waals surface area contributed by atoms with Crippen LogP contribution < -0.4 is 11.1 Å². The molecule has 0 aliphatic heterocycles. The van der Waals surface area contributed by atoms with Crippen molar-refractivity contribution in [3.63, 3.8) is 0 Å². The topological polar surface area (TPSA) is 58.3 Å². The van der Waals surface area contributed by atoms with Crippen molar-refractivity contribution < 1.29 is 9.59 Å². The number of hydrogen-bond donors (Lipinski definition) is 3. The monoisotopic (exact) mass is 274 g/mol. The van der Waals surface area contributed by atoms with E-state index in [4.69, 9.17) is 5.73 Å². The van der Waals surface area contributed by atoms with Gasteiger partial charge >= 0.3 is 0 Å².